The summed E-state index contributed by atoms with van der Waals surface area (Å²) < 4.78 is 0. The molecule has 0 aromatic heterocycles. The highest BCUT2D eigenvalue weighted by molar-refractivity contribution is 8.14. The maximum Gasteiger partial charge on any atom is 0.234 e. The molecule has 0 unspecified atom stereocenters. The third-order valence-corrected chi connectivity index (χ3v) is 3.97. The van der Waals surface area contributed by atoms with E-state index in [9.17, 15) is 9.59 Å². The second-order valence-electron chi connectivity index (χ2n) is 4.45. The van der Waals surface area contributed by atoms with Crippen LogP contribution in [0.4, 0.5) is 5.69 Å². The third kappa shape index (κ3) is 4.62. The van der Waals surface area contributed by atoms with Gasteiger partial charge in [-0.05, 0) is 36.8 Å². The van der Waals surface area contributed by atoms with E-state index in [4.69, 9.17) is 11.6 Å². The van der Waals surface area contributed by atoms with Crippen LogP contribution in [0.5, 0.6) is 0 Å². The summed E-state index contributed by atoms with van der Waals surface area (Å²) in [4.78, 5) is 23.8. The van der Waals surface area contributed by atoms with Crippen molar-refractivity contribution in [3.63, 3.8) is 0 Å². The van der Waals surface area contributed by atoms with E-state index in [1.165, 1.54) is 0 Å². The first-order valence-electron chi connectivity index (χ1n) is 6.34. The molecule has 2 rings (SSSR count). The lowest BCUT2D eigenvalue weighted by atomic mass is 10.1. The van der Waals surface area contributed by atoms with E-state index in [1.807, 2.05) is 25.1 Å². The predicted octanol–water partition coefficient (Wildman–Crippen LogP) is 4.16. The smallest absolute Gasteiger partial charge is 0.234 e. The van der Waals surface area contributed by atoms with E-state index >= 15 is 0 Å². The number of amides is 1. The number of rotatable bonds is 4. The minimum Gasteiger partial charge on any atom is -0.325 e. The first-order chi connectivity index (χ1) is 10.1. The van der Waals surface area contributed by atoms with Gasteiger partial charge in [-0.1, -0.05) is 47.6 Å². The Bertz CT molecular complexity index is 656. The normalized spacial score (nSPS) is 10.2. The molecule has 0 saturated heterocycles. The Morgan fingerprint density at radius 2 is 1.76 bits per heavy atom. The van der Waals surface area contributed by atoms with Crippen molar-refractivity contribution < 1.29 is 9.59 Å². The minimum absolute atomic E-state index is 0.0792. The van der Waals surface area contributed by atoms with Crippen LogP contribution in [0, 0.1) is 6.92 Å². The molecular weight excluding hydrogens is 306 g/mol. The van der Waals surface area contributed by atoms with Gasteiger partial charge in [-0.15, -0.1) is 0 Å². The quantitative estimate of drug-likeness (QED) is 0.920. The maximum absolute atomic E-state index is 12.0. The molecule has 0 fully saturated rings. The minimum atomic E-state index is -0.218. The molecule has 108 valence electrons. The van der Waals surface area contributed by atoms with Crippen LogP contribution in [-0.2, 0) is 4.79 Å². The van der Waals surface area contributed by atoms with Crippen molar-refractivity contribution in [3.05, 3.63) is 64.7 Å². The second-order valence-corrected chi connectivity index (χ2v) is 5.83. The number of benzene rings is 2. The van der Waals surface area contributed by atoms with Crippen molar-refractivity contribution in [1.82, 2.24) is 0 Å². The van der Waals surface area contributed by atoms with E-state index in [-0.39, 0.29) is 16.8 Å². The van der Waals surface area contributed by atoms with E-state index in [0.717, 1.165) is 17.3 Å². The number of hydrogen-bond acceptors (Lipinski definition) is 3. The van der Waals surface area contributed by atoms with Crippen molar-refractivity contribution >= 4 is 40.1 Å². The first kappa shape index (κ1) is 15.6. The molecule has 0 saturated carbocycles. The van der Waals surface area contributed by atoms with Crippen molar-refractivity contribution in [3.8, 4) is 0 Å². The zero-order valence-corrected chi connectivity index (χ0v) is 13.0. The molecule has 1 N–H and O–H groups in total. The van der Waals surface area contributed by atoms with E-state index < -0.39 is 0 Å². The van der Waals surface area contributed by atoms with Gasteiger partial charge in [0.05, 0.1) is 5.75 Å². The SMILES string of the molecule is Cc1ccccc1C(=O)SCC(=O)Nc1ccc(Cl)cc1. The summed E-state index contributed by atoms with van der Waals surface area (Å²) in [6.45, 7) is 1.88. The Balaban J connectivity index is 1.88. The standard InChI is InChI=1S/C16H14ClNO2S/c1-11-4-2-3-5-14(11)16(20)21-10-15(19)18-13-8-6-12(17)7-9-13/h2-9H,10H2,1H3,(H,18,19). The summed E-state index contributed by atoms with van der Waals surface area (Å²) in [5.41, 5.74) is 2.21. The van der Waals surface area contributed by atoms with Gasteiger partial charge in [-0.25, -0.2) is 0 Å². The Morgan fingerprint density at radius 1 is 1.10 bits per heavy atom. The molecule has 0 bridgehead atoms. The lowest BCUT2D eigenvalue weighted by Gasteiger charge is -2.06. The van der Waals surface area contributed by atoms with Crippen LogP contribution in [-0.4, -0.2) is 16.8 Å². The molecule has 2 aromatic carbocycles. The molecule has 21 heavy (non-hydrogen) atoms. The molecule has 0 radical (unpaired) electrons. The van der Waals surface area contributed by atoms with Crippen LogP contribution in [0.25, 0.3) is 0 Å². The Morgan fingerprint density at radius 3 is 2.43 bits per heavy atom. The maximum atomic E-state index is 12.0. The Labute approximate surface area is 132 Å². The van der Waals surface area contributed by atoms with Crippen molar-refractivity contribution in [2.24, 2.45) is 0 Å². The van der Waals surface area contributed by atoms with E-state index in [1.54, 1.807) is 30.3 Å². The summed E-state index contributed by atoms with van der Waals surface area (Å²) in [7, 11) is 0. The van der Waals surface area contributed by atoms with Gasteiger partial charge in [0.2, 0.25) is 11.0 Å². The lowest BCUT2D eigenvalue weighted by molar-refractivity contribution is -0.113. The third-order valence-electron chi connectivity index (χ3n) is 2.83. The molecule has 0 aliphatic carbocycles. The van der Waals surface area contributed by atoms with Gasteiger partial charge in [-0.2, -0.15) is 0 Å². The molecule has 0 spiro atoms. The van der Waals surface area contributed by atoms with Crippen LogP contribution >= 0.6 is 23.4 Å². The molecule has 0 atom stereocenters. The number of carbonyl (C=O) groups excluding carboxylic acids is 2. The molecule has 2 aromatic rings. The largest absolute Gasteiger partial charge is 0.325 e. The molecule has 3 nitrogen and oxygen atoms in total. The number of halogens is 1. The topological polar surface area (TPSA) is 46.2 Å². The fraction of sp³-hybridized carbons (Fsp3) is 0.125. The summed E-state index contributed by atoms with van der Waals surface area (Å²) in [5.74, 6) is -0.139. The van der Waals surface area contributed by atoms with Crippen molar-refractivity contribution in [2.45, 2.75) is 6.92 Å². The molecule has 1 amide bonds. The fourth-order valence-electron chi connectivity index (χ4n) is 1.74. The van der Waals surface area contributed by atoms with Gasteiger partial charge >= 0.3 is 0 Å². The van der Waals surface area contributed by atoms with Crippen LogP contribution < -0.4 is 5.32 Å². The highest BCUT2D eigenvalue weighted by atomic mass is 35.5. The summed E-state index contributed by atoms with van der Waals surface area (Å²) in [6.07, 6.45) is 0. The monoisotopic (exact) mass is 319 g/mol. The summed E-state index contributed by atoms with van der Waals surface area (Å²) in [6, 6.07) is 14.2. The predicted molar refractivity (Wildman–Crippen MR) is 88.0 cm³/mol. The lowest BCUT2D eigenvalue weighted by Crippen LogP contribution is -2.15. The fourth-order valence-corrected chi connectivity index (χ4v) is 2.59. The zero-order chi connectivity index (χ0) is 15.2. The average Bonchev–Trinajstić information content (AvgIpc) is 2.48. The molecule has 5 heteroatoms. The zero-order valence-electron chi connectivity index (χ0n) is 11.4. The van der Waals surface area contributed by atoms with Crippen LogP contribution in [0.3, 0.4) is 0 Å². The summed E-state index contributed by atoms with van der Waals surface area (Å²) >= 11 is 6.77. The van der Waals surface area contributed by atoms with Gasteiger partial charge < -0.3 is 5.32 Å². The van der Waals surface area contributed by atoms with Gasteiger partial charge in [0.15, 0.2) is 0 Å². The molecule has 0 aliphatic heterocycles. The van der Waals surface area contributed by atoms with E-state index in [0.29, 0.717) is 16.3 Å². The van der Waals surface area contributed by atoms with Gasteiger partial charge in [0, 0.05) is 16.3 Å². The number of hydrogen-bond donors (Lipinski definition) is 1. The number of aryl methyl sites for hydroxylation is 1. The van der Waals surface area contributed by atoms with Gasteiger partial charge in [0.1, 0.15) is 0 Å². The highest BCUT2D eigenvalue weighted by Crippen LogP contribution is 2.17. The van der Waals surface area contributed by atoms with Crippen LogP contribution in [0.1, 0.15) is 15.9 Å². The molecule has 0 aliphatic rings. The highest BCUT2D eigenvalue weighted by Gasteiger charge is 2.11. The van der Waals surface area contributed by atoms with Crippen LogP contribution in [0.2, 0.25) is 5.02 Å². The van der Waals surface area contributed by atoms with Crippen molar-refractivity contribution in [1.29, 1.82) is 0 Å². The first-order valence-corrected chi connectivity index (χ1v) is 7.71. The summed E-state index contributed by atoms with van der Waals surface area (Å²) in [5, 5.41) is 3.23. The second kappa shape index (κ2) is 7.29. The Kier molecular flexibility index (Phi) is 5.42. The average molecular weight is 320 g/mol. The van der Waals surface area contributed by atoms with Gasteiger partial charge in [0.25, 0.3) is 0 Å². The number of nitrogens with one attached hydrogen (secondary N) is 1. The molecular formula is C16H14ClNO2S. The number of anilines is 1. The number of thioether (sulfide) groups is 1. The van der Waals surface area contributed by atoms with Crippen molar-refractivity contribution in [2.75, 3.05) is 11.1 Å². The Hall–Kier alpha value is -1.78. The van der Waals surface area contributed by atoms with Crippen LogP contribution in [0.15, 0.2) is 48.5 Å². The van der Waals surface area contributed by atoms with E-state index in [2.05, 4.69) is 5.32 Å². The van der Waals surface area contributed by atoms with Gasteiger partial charge in [-0.3, -0.25) is 9.59 Å². The molecule has 0 heterocycles. The number of carbonyl (C=O) groups is 2.